The van der Waals surface area contributed by atoms with E-state index >= 15 is 0 Å². The third-order valence-corrected chi connectivity index (χ3v) is 2.09. The third kappa shape index (κ3) is 5.44. The summed E-state index contributed by atoms with van der Waals surface area (Å²) in [5.41, 5.74) is 0.880. The Morgan fingerprint density at radius 1 is 1.24 bits per heavy atom. The second-order valence-corrected chi connectivity index (χ2v) is 3.17. The molecule has 1 rings (SSSR count). The molecule has 100 valence electrons. The SMILES string of the molecule is CCCNCc1nccc(OC)c1OC.Cl.Cl. The molecule has 17 heavy (non-hydrogen) atoms. The van der Waals surface area contributed by atoms with Gasteiger partial charge in [-0.25, -0.2) is 0 Å². The standard InChI is InChI=1S/C11H18N2O2.2ClH/c1-4-6-12-8-9-11(15-3)10(14-2)5-7-13-9;;/h5,7,12H,4,6,8H2,1-3H3;2*1H. The number of hydrogen-bond acceptors (Lipinski definition) is 4. The molecule has 1 heterocycles. The molecule has 0 aliphatic heterocycles. The molecule has 1 aromatic rings. The second-order valence-electron chi connectivity index (χ2n) is 3.17. The first-order chi connectivity index (χ1) is 7.33. The summed E-state index contributed by atoms with van der Waals surface area (Å²) in [6.07, 6.45) is 2.83. The minimum absolute atomic E-state index is 0. The van der Waals surface area contributed by atoms with Crippen LogP contribution in [0.1, 0.15) is 19.0 Å². The van der Waals surface area contributed by atoms with Crippen LogP contribution in [-0.2, 0) is 6.54 Å². The Morgan fingerprint density at radius 3 is 2.47 bits per heavy atom. The summed E-state index contributed by atoms with van der Waals surface area (Å²) < 4.78 is 10.5. The van der Waals surface area contributed by atoms with Crippen molar-refractivity contribution in [1.29, 1.82) is 0 Å². The van der Waals surface area contributed by atoms with E-state index in [1.807, 2.05) is 0 Å². The predicted molar refractivity (Wildman–Crippen MR) is 73.8 cm³/mol. The number of methoxy groups -OCH3 is 2. The Kier molecular flexibility index (Phi) is 11.5. The van der Waals surface area contributed by atoms with Crippen molar-refractivity contribution >= 4 is 24.8 Å². The van der Waals surface area contributed by atoms with Crippen LogP contribution in [0.25, 0.3) is 0 Å². The number of aromatic nitrogens is 1. The van der Waals surface area contributed by atoms with Crippen LogP contribution >= 0.6 is 24.8 Å². The Labute approximate surface area is 115 Å². The van der Waals surface area contributed by atoms with Gasteiger partial charge in [0.2, 0.25) is 0 Å². The van der Waals surface area contributed by atoms with E-state index in [1.165, 1.54) is 0 Å². The van der Waals surface area contributed by atoms with Crippen molar-refractivity contribution in [2.45, 2.75) is 19.9 Å². The van der Waals surface area contributed by atoms with Crippen molar-refractivity contribution in [3.05, 3.63) is 18.0 Å². The Hall–Kier alpha value is -0.710. The summed E-state index contributed by atoms with van der Waals surface area (Å²) in [5.74, 6) is 1.43. The summed E-state index contributed by atoms with van der Waals surface area (Å²) in [6.45, 7) is 3.81. The lowest BCUT2D eigenvalue weighted by molar-refractivity contribution is 0.348. The van der Waals surface area contributed by atoms with Gasteiger partial charge in [-0.2, -0.15) is 0 Å². The molecule has 0 saturated heterocycles. The lowest BCUT2D eigenvalue weighted by Gasteiger charge is -2.11. The Balaban J connectivity index is 0. The molecule has 0 radical (unpaired) electrons. The minimum Gasteiger partial charge on any atom is -0.493 e. The second kappa shape index (κ2) is 10.4. The molecule has 0 aliphatic rings. The third-order valence-electron chi connectivity index (χ3n) is 2.09. The summed E-state index contributed by atoms with van der Waals surface area (Å²) in [5, 5.41) is 3.28. The first kappa shape index (κ1) is 18.6. The molecular formula is C11H20Cl2N2O2. The fourth-order valence-corrected chi connectivity index (χ4v) is 1.36. The maximum atomic E-state index is 5.27. The summed E-state index contributed by atoms with van der Waals surface area (Å²) in [7, 11) is 3.25. The Morgan fingerprint density at radius 2 is 1.94 bits per heavy atom. The highest BCUT2D eigenvalue weighted by Gasteiger charge is 2.09. The molecule has 0 saturated carbocycles. The van der Waals surface area contributed by atoms with Gasteiger partial charge in [0.05, 0.1) is 19.9 Å². The number of nitrogens with zero attached hydrogens (tertiary/aromatic N) is 1. The normalized spacial score (nSPS) is 8.88. The molecule has 1 N–H and O–H groups in total. The van der Waals surface area contributed by atoms with Crippen molar-refractivity contribution in [2.75, 3.05) is 20.8 Å². The molecule has 1 aromatic heterocycles. The van der Waals surface area contributed by atoms with Gasteiger partial charge < -0.3 is 14.8 Å². The lowest BCUT2D eigenvalue weighted by atomic mass is 10.3. The van der Waals surface area contributed by atoms with Crippen LogP contribution in [0.3, 0.4) is 0 Å². The fourth-order valence-electron chi connectivity index (χ4n) is 1.36. The number of pyridine rings is 1. The highest BCUT2D eigenvalue weighted by Crippen LogP contribution is 2.28. The molecular weight excluding hydrogens is 263 g/mol. The van der Waals surface area contributed by atoms with E-state index < -0.39 is 0 Å². The zero-order chi connectivity index (χ0) is 11.1. The van der Waals surface area contributed by atoms with Gasteiger partial charge in [0.25, 0.3) is 0 Å². The number of rotatable bonds is 6. The van der Waals surface area contributed by atoms with E-state index in [4.69, 9.17) is 9.47 Å². The number of nitrogens with one attached hydrogen (secondary N) is 1. The van der Waals surface area contributed by atoms with Crippen LogP contribution in [0.5, 0.6) is 11.5 Å². The molecule has 0 bridgehead atoms. The van der Waals surface area contributed by atoms with Crippen molar-refractivity contribution in [2.24, 2.45) is 0 Å². The highest BCUT2D eigenvalue weighted by molar-refractivity contribution is 5.85. The zero-order valence-corrected chi connectivity index (χ0v) is 12.0. The predicted octanol–water partition coefficient (Wildman–Crippen LogP) is 2.44. The summed E-state index contributed by atoms with van der Waals surface area (Å²) in [6, 6.07) is 1.79. The van der Waals surface area contributed by atoms with Crippen LogP contribution in [0, 0.1) is 0 Å². The van der Waals surface area contributed by atoms with Crippen molar-refractivity contribution in [3.8, 4) is 11.5 Å². The first-order valence-electron chi connectivity index (χ1n) is 5.10. The van der Waals surface area contributed by atoms with Gasteiger partial charge in [-0.05, 0) is 13.0 Å². The average Bonchev–Trinajstić information content (AvgIpc) is 2.29. The van der Waals surface area contributed by atoms with E-state index in [0.717, 1.165) is 24.4 Å². The topological polar surface area (TPSA) is 43.4 Å². The highest BCUT2D eigenvalue weighted by atomic mass is 35.5. The minimum atomic E-state index is 0. The fraction of sp³-hybridized carbons (Fsp3) is 0.545. The number of ether oxygens (including phenoxy) is 2. The monoisotopic (exact) mass is 282 g/mol. The molecule has 0 aromatic carbocycles. The molecule has 0 amide bonds. The van der Waals surface area contributed by atoms with Crippen LogP contribution in [-0.4, -0.2) is 25.7 Å². The molecule has 0 fully saturated rings. The van der Waals surface area contributed by atoms with Gasteiger partial charge in [-0.3, -0.25) is 4.98 Å². The molecule has 6 heteroatoms. The average molecular weight is 283 g/mol. The maximum absolute atomic E-state index is 5.27. The zero-order valence-electron chi connectivity index (χ0n) is 10.4. The number of hydrogen-bond donors (Lipinski definition) is 1. The van der Waals surface area contributed by atoms with Crippen LogP contribution in [0.2, 0.25) is 0 Å². The van der Waals surface area contributed by atoms with Gasteiger partial charge in [-0.1, -0.05) is 6.92 Å². The van der Waals surface area contributed by atoms with Gasteiger partial charge in [0.1, 0.15) is 0 Å². The first-order valence-corrected chi connectivity index (χ1v) is 5.10. The molecule has 0 unspecified atom stereocenters. The van der Waals surface area contributed by atoms with E-state index in [-0.39, 0.29) is 24.8 Å². The molecule has 0 atom stereocenters. The van der Waals surface area contributed by atoms with E-state index in [2.05, 4.69) is 17.2 Å². The lowest BCUT2D eigenvalue weighted by Crippen LogP contribution is -2.15. The van der Waals surface area contributed by atoms with Crippen LogP contribution in [0.4, 0.5) is 0 Å². The van der Waals surface area contributed by atoms with Gasteiger partial charge in [-0.15, -0.1) is 24.8 Å². The Bertz CT molecular complexity index is 312. The van der Waals surface area contributed by atoms with E-state index in [9.17, 15) is 0 Å². The smallest absolute Gasteiger partial charge is 0.183 e. The molecule has 0 aliphatic carbocycles. The molecule has 0 spiro atoms. The van der Waals surface area contributed by atoms with E-state index in [1.54, 1.807) is 26.5 Å². The van der Waals surface area contributed by atoms with Crippen molar-refractivity contribution in [3.63, 3.8) is 0 Å². The summed E-state index contributed by atoms with van der Waals surface area (Å²) in [4.78, 5) is 4.26. The summed E-state index contributed by atoms with van der Waals surface area (Å²) >= 11 is 0. The van der Waals surface area contributed by atoms with E-state index in [0.29, 0.717) is 12.3 Å². The van der Waals surface area contributed by atoms with Crippen LogP contribution < -0.4 is 14.8 Å². The van der Waals surface area contributed by atoms with Crippen LogP contribution in [0.15, 0.2) is 12.3 Å². The van der Waals surface area contributed by atoms with Gasteiger partial charge in [0, 0.05) is 18.8 Å². The van der Waals surface area contributed by atoms with Gasteiger partial charge >= 0.3 is 0 Å². The van der Waals surface area contributed by atoms with Gasteiger partial charge in [0.15, 0.2) is 11.5 Å². The largest absolute Gasteiger partial charge is 0.493 e. The molecule has 4 nitrogen and oxygen atoms in total. The number of halogens is 2. The van der Waals surface area contributed by atoms with Crippen molar-refractivity contribution in [1.82, 2.24) is 10.3 Å². The quantitative estimate of drug-likeness (QED) is 0.814. The van der Waals surface area contributed by atoms with Crippen molar-refractivity contribution < 1.29 is 9.47 Å². The maximum Gasteiger partial charge on any atom is 0.183 e.